The third-order valence-electron chi connectivity index (χ3n) is 3.82. The summed E-state index contributed by atoms with van der Waals surface area (Å²) in [7, 11) is 1.72. The van der Waals surface area contributed by atoms with Gasteiger partial charge in [-0.3, -0.25) is 0 Å². The van der Waals surface area contributed by atoms with E-state index in [1.165, 1.54) is 22.3 Å². The molecule has 0 saturated heterocycles. The summed E-state index contributed by atoms with van der Waals surface area (Å²) in [4.78, 5) is 0. The first-order chi connectivity index (χ1) is 9.65. The Morgan fingerprint density at radius 3 is 2.50 bits per heavy atom. The Morgan fingerprint density at radius 1 is 1.10 bits per heavy atom. The second kappa shape index (κ2) is 6.58. The van der Waals surface area contributed by atoms with E-state index in [4.69, 9.17) is 10.5 Å². The molecule has 2 aromatic carbocycles. The van der Waals surface area contributed by atoms with E-state index in [9.17, 15) is 0 Å². The predicted octanol–water partition coefficient (Wildman–Crippen LogP) is 3.60. The number of aryl methyl sites for hydroxylation is 2. The fraction of sp³-hybridized carbons (Fsp3) is 0.333. The van der Waals surface area contributed by atoms with Crippen molar-refractivity contribution in [3.8, 4) is 5.75 Å². The third kappa shape index (κ3) is 3.20. The molecule has 0 aliphatic heterocycles. The molecule has 106 valence electrons. The molecule has 0 aliphatic rings. The first kappa shape index (κ1) is 14.6. The largest absolute Gasteiger partial charge is 0.496 e. The average molecular weight is 269 g/mol. The lowest BCUT2D eigenvalue weighted by Crippen LogP contribution is -2.16. The highest BCUT2D eigenvalue weighted by Gasteiger charge is 2.15. The van der Waals surface area contributed by atoms with Gasteiger partial charge in [0.05, 0.1) is 7.11 Å². The van der Waals surface area contributed by atoms with E-state index in [0.717, 1.165) is 12.2 Å². The van der Waals surface area contributed by atoms with Gasteiger partial charge < -0.3 is 10.5 Å². The second-order valence-corrected chi connectivity index (χ2v) is 5.31. The molecule has 2 heteroatoms. The summed E-state index contributed by atoms with van der Waals surface area (Å²) >= 11 is 0. The Morgan fingerprint density at radius 2 is 1.85 bits per heavy atom. The van der Waals surface area contributed by atoms with Crippen LogP contribution in [0.1, 0.15) is 28.2 Å². The minimum Gasteiger partial charge on any atom is -0.496 e. The fourth-order valence-electron chi connectivity index (χ4n) is 2.70. The van der Waals surface area contributed by atoms with Crippen molar-refractivity contribution in [2.75, 3.05) is 13.7 Å². The van der Waals surface area contributed by atoms with Crippen molar-refractivity contribution in [1.29, 1.82) is 0 Å². The quantitative estimate of drug-likeness (QED) is 0.900. The van der Waals surface area contributed by atoms with E-state index in [1.807, 2.05) is 6.07 Å². The molecule has 0 spiro atoms. The molecule has 0 aromatic heterocycles. The number of rotatable bonds is 5. The summed E-state index contributed by atoms with van der Waals surface area (Å²) in [5, 5.41) is 0. The van der Waals surface area contributed by atoms with Gasteiger partial charge in [0, 0.05) is 5.92 Å². The molecular weight excluding hydrogens is 246 g/mol. The number of hydrogen-bond acceptors (Lipinski definition) is 2. The molecule has 2 rings (SSSR count). The number of hydrogen-bond donors (Lipinski definition) is 1. The van der Waals surface area contributed by atoms with Gasteiger partial charge in [-0.05, 0) is 49.6 Å². The molecule has 0 amide bonds. The van der Waals surface area contributed by atoms with Gasteiger partial charge >= 0.3 is 0 Å². The first-order valence-corrected chi connectivity index (χ1v) is 7.04. The van der Waals surface area contributed by atoms with Crippen molar-refractivity contribution in [2.45, 2.75) is 26.2 Å². The van der Waals surface area contributed by atoms with Crippen LogP contribution in [0.15, 0.2) is 42.5 Å². The Hall–Kier alpha value is -1.80. The highest BCUT2D eigenvalue weighted by atomic mass is 16.5. The van der Waals surface area contributed by atoms with Gasteiger partial charge in [-0.1, -0.05) is 42.0 Å². The van der Waals surface area contributed by atoms with Crippen molar-refractivity contribution in [3.05, 3.63) is 64.7 Å². The predicted molar refractivity (Wildman–Crippen MR) is 84.4 cm³/mol. The van der Waals surface area contributed by atoms with Crippen LogP contribution < -0.4 is 10.5 Å². The maximum Gasteiger partial charge on any atom is 0.122 e. The Labute approximate surface area is 121 Å². The van der Waals surface area contributed by atoms with Crippen molar-refractivity contribution < 1.29 is 4.74 Å². The monoisotopic (exact) mass is 269 g/mol. The lowest BCUT2D eigenvalue weighted by Gasteiger charge is -2.19. The van der Waals surface area contributed by atoms with E-state index in [2.05, 4.69) is 50.2 Å². The number of nitrogens with two attached hydrogens (primary N) is 1. The van der Waals surface area contributed by atoms with Crippen molar-refractivity contribution in [1.82, 2.24) is 0 Å². The van der Waals surface area contributed by atoms with E-state index in [0.29, 0.717) is 12.5 Å². The molecule has 2 N–H and O–H groups in total. The fourth-order valence-corrected chi connectivity index (χ4v) is 2.70. The highest BCUT2D eigenvalue weighted by molar-refractivity contribution is 5.39. The van der Waals surface area contributed by atoms with Crippen LogP contribution in [0.4, 0.5) is 0 Å². The minimum atomic E-state index is 0.326. The highest BCUT2D eigenvalue weighted by Crippen LogP contribution is 2.28. The van der Waals surface area contributed by atoms with E-state index in [-0.39, 0.29) is 0 Å². The van der Waals surface area contributed by atoms with E-state index < -0.39 is 0 Å². The maximum atomic E-state index is 6.01. The smallest absolute Gasteiger partial charge is 0.122 e. The second-order valence-electron chi connectivity index (χ2n) is 5.31. The summed E-state index contributed by atoms with van der Waals surface area (Å²) in [6, 6.07) is 14.8. The van der Waals surface area contributed by atoms with Crippen LogP contribution in [0, 0.1) is 13.8 Å². The molecule has 1 unspecified atom stereocenters. The summed E-state index contributed by atoms with van der Waals surface area (Å²) in [6.07, 6.45) is 0.909. The van der Waals surface area contributed by atoms with Crippen molar-refractivity contribution in [2.24, 2.45) is 5.73 Å². The van der Waals surface area contributed by atoms with Crippen LogP contribution in [-0.4, -0.2) is 13.7 Å². The lowest BCUT2D eigenvalue weighted by atomic mass is 9.88. The van der Waals surface area contributed by atoms with Crippen LogP contribution in [0.3, 0.4) is 0 Å². The lowest BCUT2D eigenvalue weighted by molar-refractivity contribution is 0.408. The number of methoxy groups -OCH3 is 1. The van der Waals surface area contributed by atoms with Gasteiger partial charge in [0.25, 0.3) is 0 Å². The zero-order valence-corrected chi connectivity index (χ0v) is 12.5. The molecule has 1 atom stereocenters. The first-order valence-electron chi connectivity index (χ1n) is 7.04. The normalized spacial score (nSPS) is 12.2. The molecule has 2 aromatic rings. The SMILES string of the molecule is COc1ccc(C)cc1CC(CN)c1ccccc1C. The Kier molecular flexibility index (Phi) is 4.80. The molecule has 2 nitrogen and oxygen atoms in total. The van der Waals surface area contributed by atoms with Gasteiger partial charge in [-0.25, -0.2) is 0 Å². The summed E-state index contributed by atoms with van der Waals surface area (Å²) in [5.74, 6) is 1.27. The molecular formula is C18H23NO. The van der Waals surface area contributed by atoms with Crippen molar-refractivity contribution in [3.63, 3.8) is 0 Å². The molecule has 0 bridgehead atoms. The number of ether oxygens (including phenoxy) is 1. The van der Waals surface area contributed by atoms with Crippen LogP contribution in [-0.2, 0) is 6.42 Å². The zero-order chi connectivity index (χ0) is 14.5. The molecule has 0 heterocycles. The van der Waals surface area contributed by atoms with E-state index in [1.54, 1.807) is 7.11 Å². The maximum absolute atomic E-state index is 6.01. The van der Waals surface area contributed by atoms with Crippen LogP contribution in [0.5, 0.6) is 5.75 Å². The standard InChI is InChI=1S/C18H23NO/c1-13-8-9-18(20-3)15(10-13)11-16(12-19)17-7-5-4-6-14(17)2/h4-10,16H,11-12,19H2,1-3H3. The van der Waals surface area contributed by atoms with Gasteiger partial charge in [0.1, 0.15) is 5.75 Å². The van der Waals surface area contributed by atoms with Crippen molar-refractivity contribution >= 4 is 0 Å². The zero-order valence-electron chi connectivity index (χ0n) is 12.5. The third-order valence-corrected chi connectivity index (χ3v) is 3.82. The van der Waals surface area contributed by atoms with Crippen LogP contribution in [0.25, 0.3) is 0 Å². The summed E-state index contributed by atoms with van der Waals surface area (Å²) < 4.78 is 5.47. The molecule has 0 fully saturated rings. The summed E-state index contributed by atoms with van der Waals surface area (Å²) in [5.41, 5.74) is 11.1. The van der Waals surface area contributed by atoms with Gasteiger partial charge in [0.2, 0.25) is 0 Å². The van der Waals surface area contributed by atoms with Gasteiger partial charge in [0.15, 0.2) is 0 Å². The average Bonchev–Trinajstić information content (AvgIpc) is 2.46. The van der Waals surface area contributed by atoms with Gasteiger partial charge in [-0.2, -0.15) is 0 Å². The van der Waals surface area contributed by atoms with Gasteiger partial charge in [-0.15, -0.1) is 0 Å². The molecule has 0 saturated carbocycles. The Bertz CT molecular complexity index is 577. The summed E-state index contributed by atoms with van der Waals surface area (Å²) in [6.45, 7) is 4.89. The van der Waals surface area contributed by atoms with Crippen LogP contribution in [0.2, 0.25) is 0 Å². The molecule has 0 radical (unpaired) electrons. The minimum absolute atomic E-state index is 0.326. The molecule has 20 heavy (non-hydrogen) atoms. The molecule has 0 aliphatic carbocycles. The van der Waals surface area contributed by atoms with Crippen LogP contribution >= 0.6 is 0 Å². The van der Waals surface area contributed by atoms with E-state index >= 15 is 0 Å². The Balaban J connectivity index is 2.31. The number of benzene rings is 2. The topological polar surface area (TPSA) is 35.2 Å².